The average Bonchev–Trinajstić information content (AvgIpc) is 2.75. The number of H-pyrrole nitrogens is 1. The van der Waals surface area contributed by atoms with Crippen molar-refractivity contribution in [1.82, 2.24) is 14.9 Å². The number of hydrogen-bond acceptors (Lipinski definition) is 4. The first-order valence-corrected chi connectivity index (χ1v) is 9.21. The van der Waals surface area contributed by atoms with E-state index in [1.165, 1.54) is 7.11 Å². The molecule has 1 atom stereocenters. The zero-order chi connectivity index (χ0) is 19.5. The van der Waals surface area contributed by atoms with Crippen molar-refractivity contribution in [3.8, 4) is 11.4 Å². The predicted octanol–water partition coefficient (Wildman–Crippen LogP) is 2.71. The van der Waals surface area contributed by atoms with Gasteiger partial charge in [0, 0.05) is 25.6 Å². The van der Waals surface area contributed by atoms with E-state index in [-0.39, 0.29) is 18.0 Å². The Morgan fingerprint density at radius 3 is 2.46 bits per heavy atom. The van der Waals surface area contributed by atoms with Gasteiger partial charge in [0.05, 0.1) is 17.8 Å². The van der Waals surface area contributed by atoms with Crippen molar-refractivity contribution in [2.24, 2.45) is 0 Å². The third-order valence-corrected chi connectivity index (χ3v) is 4.99. The summed E-state index contributed by atoms with van der Waals surface area (Å²) in [7, 11) is 1.52. The van der Waals surface area contributed by atoms with Crippen LogP contribution in [0.4, 0.5) is 0 Å². The molecule has 4 rings (SSSR count). The molecule has 0 saturated heterocycles. The Labute approximate surface area is 162 Å². The maximum Gasteiger partial charge on any atom is 0.256 e. The second kappa shape index (κ2) is 7.78. The van der Waals surface area contributed by atoms with Gasteiger partial charge in [-0.05, 0) is 5.56 Å². The van der Waals surface area contributed by atoms with Gasteiger partial charge in [0.25, 0.3) is 11.5 Å². The summed E-state index contributed by atoms with van der Waals surface area (Å²) in [6, 6.07) is 18.9. The number of aromatic nitrogens is 2. The standard InChI is InChI=1S/C22H21N3O3/c1-28-19(15-8-4-2-5-9-15)22(27)25-13-12-18-17(14-25)21(26)24-20(23-18)16-10-6-3-7-11-16/h2-11,19H,12-14H2,1H3,(H,23,24,26)/t19-/m0/s1. The van der Waals surface area contributed by atoms with Crippen LogP contribution in [0.1, 0.15) is 22.9 Å². The van der Waals surface area contributed by atoms with E-state index in [0.717, 1.165) is 16.8 Å². The Kier molecular flexibility index (Phi) is 5.04. The fraction of sp³-hybridized carbons (Fsp3) is 0.227. The second-order valence-electron chi connectivity index (χ2n) is 6.74. The fourth-order valence-corrected chi connectivity index (χ4v) is 3.52. The number of nitrogens with one attached hydrogen (secondary N) is 1. The van der Waals surface area contributed by atoms with E-state index in [9.17, 15) is 9.59 Å². The van der Waals surface area contributed by atoms with Gasteiger partial charge in [0.15, 0.2) is 6.10 Å². The summed E-state index contributed by atoms with van der Waals surface area (Å²) in [5.41, 5.74) is 2.76. The van der Waals surface area contributed by atoms with E-state index < -0.39 is 6.10 Å². The molecule has 1 aromatic heterocycles. The number of aromatic amines is 1. The fourth-order valence-electron chi connectivity index (χ4n) is 3.52. The Hall–Kier alpha value is -3.25. The predicted molar refractivity (Wildman–Crippen MR) is 106 cm³/mol. The molecule has 0 radical (unpaired) electrons. The van der Waals surface area contributed by atoms with Crippen molar-refractivity contribution in [3.63, 3.8) is 0 Å². The number of carbonyl (C=O) groups excluding carboxylic acids is 1. The van der Waals surface area contributed by atoms with Crippen molar-refractivity contribution in [2.45, 2.75) is 19.1 Å². The molecule has 3 aromatic rings. The molecule has 0 fully saturated rings. The van der Waals surface area contributed by atoms with Gasteiger partial charge >= 0.3 is 0 Å². The largest absolute Gasteiger partial charge is 0.367 e. The highest BCUT2D eigenvalue weighted by Gasteiger charge is 2.30. The third kappa shape index (κ3) is 3.46. The lowest BCUT2D eigenvalue weighted by Crippen LogP contribution is -2.42. The van der Waals surface area contributed by atoms with E-state index in [1.807, 2.05) is 60.7 Å². The molecule has 2 aromatic carbocycles. The number of rotatable bonds is 4. The molecular weight excluding hydrogens is 354 g/mol. The van der Waals surface area contributed by atoms with Gasteiger partial charge in [-0.25, -0.2) is 4.98 Å². The second-order valence-corrected chi connectivity index (χ2v) is 6.74. The van der Waals surface area contributed by atoms with Crippen molar-refractivity contribution in [3.05, 3.63) is 87.8 Å². The summed E-state index contributed by atoms with van der Waals surface area (Å²) in [5.74, 6) is 0.411. The van der Waals surface area contributed by atoms with Crippen molar-refractivity contribution < 1.29 is 9.53 Å². The van der Waals surface area contributed by atoms with Crippen LogP contribution in [0, 0.1) is 0 Å². The molecule has 1 aliphatic rings. The molecule has 6 nitrogen and oxygen atoms in total. The number of amides is 1. The lowest BCUT2D eigenvalue weighted by molar-refractivity contribution is -0.143. The molecule has 0 spiro atoms. The molecule has 0 unspecified atom stereocenters. The SMILES string of the molecule is CO[C@H](C(=O)N1CCc2nc(-c3ccccc3)[nH]c(=O)c2C1)c1ccccc1. The highest BCUT2D eigenvalue weighted by atomic mass is 16.5. The van der Waals surface area contributed by atoms with Crippen molar-refractivity contribution in [2.75, 3.05) is 13.7 Å². The molecule has 0 aliphatic carbocycles. The highest BCUT2D eigenvalue weighted by Crippen LogP contribution is 2.24. The number of methoxy groups -OCH3 is 1. The first kappa shape index (κ1) is 18.1. The van der Waals surface area contributed by atoms with Crippen molar-refractivity contribution in [1.29, 1.82) is 0 Å². The normalized spacial score (nSPS) is 14.4. The molecule has 28 heavy (non-hydrogen) atoms. The first-order chi connectivity index (χ1) is 13.7. The van der Waals surface area contributed by atoms with E-state index >= 15 is 0 Å². The Balaban J connectivity index is 1.60. The Morgan fingerprint density at radius 2 is 1.79 bits per heavy atom. The Bertz CT molecular complexity index is 1030. The summed E-state index contributed by atoms with van der Waals surface area (Å²) in [6.45, 7) is 0.738. The van der Waals surface area contributed by atoms with E-state index in [4.69, 9.17) is 4.74 Å². The van der Waals surface area contributed by atoms with Gasteiger partial charge in [0.2, 0.25) is 0 Å². The van der Waals surface area contributed by atoms with Crippen LogP contribution in [0.2, 0.25) is 0 Å². The van der Waals surface area contributed by atoms with Gasteiger partial charge in [-0.1, -0.05) is 60.7 Å². The van der Waals surface area contributed by atoms with Crippen LogP contribution in [0.15, 0.2) is 65.5 Å². The average molecular weight is 375 g/mol. The lowest BCUT2D eigenvalue weighted by Gasteiger charge is -2.30. The summed E-state index contributed by atoms with van der Waals surface area (Å²) in [6.07, 6.45) is -0.144. The molecule has 0 saturated carbocycles. The molecule has 1 N–H and O–H groups in total. The number of carbonyl (C=O) groups is 1. The van der Waals surface area contributed by atoms with Gasteiger partial charge < -0.3 is 14.6 Å². The summed E-state index contributed by atoms with van der Waals surface area (Å²) in [4.78, 5) is 34.8. The molecule has 2 heterocycles. The number of nitrogens with zero attached hydrogens (tertiary/aromatic N) is 2. The van der Waals surface area contributed by atoms with Crippen LogP contribution < -0.4 is 5.56 Å². The van der Waals surface area contributed by atoms with Gasteiger partial charge in [-0.2, -0.15) is 0 Å². The summed E-state index contributed by atoms with van der Waals surface area (Å²) < 4.78 is 5.45. The van der Waals surface area contributed by atoms with Crippen LogP contribution >= 0.6 is 0 Å². The minimum absolute atomic E-state index is 0.147. The number of fused-ring (bicyclic) bond motifs is 1. The van der Waals surface area contributed by atoms with Crippen LogP contribution in [0.3, 0.4) is 0 Å². The van der Waals surface area contributed by atoms with Crippen LogP contribution in [-0.2, 0) is 22.5 Å². The molecular formula is C22H21N3O3. The minimum atomic E-state index is -0.682. The number of hydrogen-bond donors (Lipinski definition) is 1. The number of benzene rings is 2. The molecule has 1 aliphatic heterocycles. The summed E-state index contributed by atoms with van der Waals surface area (Å²) >= 11 is 0. The zero-order valence-corrected chi connectivity index (χ0v) is 15.6. The minimum Gasteiger partial charge on any atom is -0.367 e. The van der Waals surface area contributed by atoms with Crippen LogP contribution in [-0.4, -0.2) is 34.4 Å². The van der Waals surface area contributed by atoms with Gasteiger partial charge in [0.1, 0.15) is 5.82 Å². The summed E-state index contributed by atoms with van der Waals surface area (Å²) in [5, 5.41) is 0. The number of ether oxygens (including phenoxy) is 1. The maximum atomic E-state index is 13.0. The molecule has 6 heteroatoms. The quantitative estimate of drug-likeness (QED) is 0.761. The van der Waals surface area contributed by atoms with Crippen molar-refractivity contribution >= 4 is 5.91 Å². The van der Waals surface area contributed by atoms with E-state index in [1.54, 1.807) is 4.90 Å². The smallest absolute Gasteiger partial charge is 0.256 e. The van der Waals surface area contributed by atoms with Gasteiger partial charge in [-0.15, -0.1) is 0 Å². The Morgan fingerprint density at radius 1 is 1.11 bits per heavy atom. The molecule has 1 amide bonds. The van der Waals surface area contributed by atoms with Crippen LogP contribution in [0.25, 0.3) is 11.4 Å². The lowest BCUT2D eigenvalue weighted by atomic mass is 10.0. The highest BCUT2D eigenvalue weighted by molar-refractivity contribution is 5.82. The first-order valence-electron chi connectivity index (χ1n) is 9.21. The molecule has 142 valence electrons. The van der Waals surface area contributed by atoms with Crippen LogP contribution in [0.5, 0.6) is 0 Å². The van der Waals surface area contributed by atoms with E-state index in [2.05, 4.69) is 9.97 Å². The topological polar surface area (TPSA) is 75.3 Å². The third-order valence-electron chi connectivity index (χ3n) is 4.99. The van der Waals surface area contributed by atoms with E-state index in [0.29, 0.717) is 24.4 Å². The molecule has 0 bridgehead atoms. The zero-order valence-electron chi connectivity index (χ0n) is 15.6. The monoisotopic (exact) mass is 375 g/mol. The maximum absolute atomic E-state index is 13.0. The van der Waals surface area contributed by atoms with Gasteiger partial charge in [-0.3, -0.25) is 9.59 Å².